The fraction of sp³-hybridized carbons (Fsp3) is 0.0833. The maximum Gasteiger partial charge on any atom is 0.318 e. The molecule has 6 nitrogen and oxygen atoms in total. The van der Waals surface area contributed by atoms with Crippen molar-refractivity contribution in [2.24, 2.45) is 0 Å². The van der Waals surface area contributed by atoms with E-state index in [1.54, 1.807) is 30.3 Å². The number of carbonyl (C=O) groups is 1. The minimum Gasteiger partial charge on any atom is -0.480 e. The maximum absolute atomic E-state index is 12.0. The third-order valence-electron chi connectivity index (χ3n) is 2.62. The van der Waals surface area contributed by atoms with E-state index in [2.05, 4.69) is 0 Å². The average Bonchev–Trinajstić information content (AvgIpc) is 2.36. The highest BCUT2D eigenvalue weighted by Crippen LogP contribution is 2.26. The molecule has 19 heavy (non-hydrogen) atoms. The molecule has 7 heteroatoms. The van der Waals surface area contributed by atoms with Crippen molar-refractivity contribution in [3.63, 3.8) is 0 Å². The summed E-state index contributed by atoms with van der Waals surface area (Å²) >= 11 is 0. The van der Waals surface area contributed by atoms with E-state index in [0.29, 0.717) is 16.5 Å². The minimum absolute atomic E-state index is 0.0125. The van der Waals surface area contributed by atoms with Crippen LogP contribution in [0, 0.1) is 0 Å². The van der Waals surface area contributed by atoms with Gasteiger partial charge in [0.25, 0.3) is 0 Å². The van der Waals surface area contributed by atoms with Crippen molar-refractivity contribution >= 4 is 32.5 Å². The standard InChI is InChI=1S/C12H12N2O4S/c13-10-5-1-4-9-8(10)3-2-6-11(9)19(17,18)14-7-12(15)16/h1-6,14H,7,13H2,(H,15,16). The number of sulfonamides is 1. The van der Waals surface area contributed by atoms with Crippen molar-refractivity contribution in [1.82, 2.24) is 4.72 Å². The lowest BCUT2D eigenvalue weighted by molar-refractivity contribution is -0.135. The monoisotopic (exact) mass is 280 g/mol. The Kier molecular flexibility index (Phi) is 3.41. The first-order chi connectivity index (χ1) is 8.92. The Balaban J connectivity index is 2.57. The number of rotatable bonds is 4. The molecule has 2 aromatic rings. The summed E-state index contributed by atoms with van der Waals surface area (Å²) in [5.74, 6) is -1.25. The highest BCUT2D eigenvalue weighted by Gasteiger charge is 2.18. The van der Waals surface area contributed by atoms with Gasteiger partial charge in [-0.3, -0.25) is 4.79 Å². The Bertz CT molecular complexity index is 740. The van der Waals surface area contributed by atoms with E-state index in [9.17, 15) is 13.2 Å². The van der Waals surface area contributed by atoms with Crippen LogP contribution in [-0.4, -0.2) is 26.0 Å². The van der Waals surface area contributed by atoms with Gasteiger partial charge in [0, 0.05) is 16.5 Å². The van der Waals surface area contributed by atoms with Crippen LogP contribution in [0.2, 0.25) is 0 Å². The topological polar surface area (TPSA) is 109 Å². The molecule has 4 N–H and O–H groups in total. The van der Waals surface area contributed by atoms with E-state index in [0.717, 1.165) is 0 Å². The molecule has 100 valence electrons. The van der Waals surface area contributed by atoms with Gasteiger partial charge in [-0.15, -0.1) is 0 Å². The van der Waals surface area contributed by atoms with Gasteiger partial charge in [0.2, 0.25) is 10.0 Å². The maximum atomic E-state index is 12.0. The van der Waals surface area contributed by atoms with E-state index in [4.69, 9.17) is 10.8 Å². The normalized spacial score (nSPS) is 11.6. The van der Waals surface area contributed by atoms with Crippen LogP contribution in [0.3, 0.4) is 0 Å². The second-order valence-electron chi connectivity index (χ2n) is 3.92. The lowest BCUT2D eigenvalue weighted by Crippen LogP contribution is -2.29. The first-order valence-electron chi connectivity index (χ1n) is 5.40. The average molecular weight is 280 g/mol. The van der Waals surface area contributed by atoms with Crippen LogP contribution < -0.4 is 10.5 Å². The summed E-state index contributed by atoms with van der Waals surface area (Å²) in [7, 11) is -3.89. The number of carboxylic acid groups (broad SMARTS) is 1. The number of hydrogen-bond acceptors (Lipinski definition) is 4. The SMILES string of the molecule is Nc1cccc2c(S(=O)(=O)NCC(=O)O)cccc12. The third-order valence-corrected chi connectivity index (χ3v) is 4.08. The fourth-order valence-corrected chi connectivity index (χ4v) is 2.97. The molecule has 0 bridgehead atoms. The van der Waals surface area contributed by atoms with Crippen molar-refractivity contribution in [3.8, 4) is 0 Å². The molecule has 0 aliphatic carbocycles. The molecule has 0 heterocycles. The summed E-state index contributed by atoms with van der Waals surface area (Å²) < 4.78 is 26.1. The number of nitrogen functional groups attached to an aromatic ring is 1. The summed E-state index contributed by atoms with van der Waals surface area (Å²) in [5, 5.41) is 9.60. The zero-order chi connectivity index (χ0) is 14.0. The number of nitrogens with two attached hydrogens (primary N) is 1. The molecule has 0 aliphatic rings. The summed E-state index contributed by atoms with van der Waals surface area (Å²) in [6, 6.07) is 9.62. The number of aliphatic carboxylic acids is 1. The summed E-state index contributed by atoms with van der Waals surface area (Å²) in [6.45, 7) is -0.666. The molecule has 0 aliphatic heterocycles. The van der Waals surface area contributed by atoms with Crippen LogP contribution in [-0.2, 0) is 14.8 Å². The molecule has 2 rings (SSSR count). The Labute approximate surface area is 109 Å². The summed E-state index contributed by atoms with van der Waals surface area (Å²) in [5.41, 5.74) is 6.25. The number of fused-ring (bicyclic) bond motifs is 1. The largest absolute Gasteiger partial charge is 0.480 e. The molecule has 0 radical (unpaired) electrons. The summed E-state index contributed by atoms with van der Waals surface area (Å²) in [6.07, 6.45) is 0. The van der Waals surface area contributed by atoms with Crippen LogP contribution >= 0.6 is 0 Å². The quantitative estimate of drug-likeness (QED) is 0.717. The Hall–Kier alpha value is -2.12. The highest BCUT2D eigenvalue weighted by molar-refractivity contribution is 7.89. The van der Waals surface area contributed by atoms with Crippen molar-refractivity contribution in [1.29, 1.82) is 0 Å². The first kappa shape index (κ1) is 13.3. The smallest absolute Gasteiger partial charge is 0.318 e. The molecule has 2 aromatic carbocycles. The minimum atomic E-state index is -3.89. The second kappa shape index (κ2) is 4.87. The van der Waals surface area contributed by atoms with Gasteiger partial charge < -0.3 is 10.8 Å². The van der Waals surface area contributed by atoms with E-state index < -0.39 is 22.5 Å². The number of anilines is 1. The molecule has 0 saturated carbocycles. The predicted molar refractivity (Wildman–Crippen MR) is 71.2 cm³/mol. The van der Waals surface area contributed by atoms with Crippen LogP contribution in [0.15, 0.2) is 41.3 Å². The van der Waals surface area contributed by atoms with Gasteiger partial charge in [-0.05, 0) is 12.1 Å². The van der Waals surface area contributed by atoms with Gasteiger partial charge in [0.15, 0.2) is 0 Å². The Morgan fingerprint density at radius 1 is 1.16 bits per heavy atom. The van der Waals surface area contributed by atoms with E-state index >= 15 is 0 Å². The van der Waals surface area contributed by atoms with E-state index in [-0.39, 0.29) is 4.90 Å². The Morgan fingerprint density at radius 3 is 2.47 bits per heavy atom. The van der Waals surface area contributed by atoms with Crippen LogP contribution in [0.1, 0.15) is 0 Å². The highest BCUT2D eigenvalue weighted by atomic mass is 32.2. The van der Waals surface area contributed by atoms with Gasteiger partial charge in [-0.25, -0.2) is 8.42 Å². The zero-order valence-corrected chi connectivity index (χ0v) is 10.6. The lowest BCUT2D eigenvalue weighted by Gasteiger charge is -2.09. The second-order valence-corrected chi connectivity index (χ2v) is 5.65. The predicted octanol–water partition coefficient (Wildman–Crippen LogP) is 0.785. The van der Waals surface area contributed by atoms with Crippen molar-refractivity contribution in [2.75, 3.05) is 12.3 Å². The van der Waals surface area contributed by atoms with Gasteiger partial charge in [-0.1, -0.05) is 24.3 Å². The fourth-order valence-electron chi connectivity index (χ4n) is 1.77. The first-order valence-corrected chi connectivity index (χ1v) is 6.89. The zero-order valence-electron chi connectivity index (χ0n) is 9.83. The molecule has 0 amide bonds. The molecule has 0 unspecified atom stereocenters. The van der Waals surface area contributed by atoms with Gasteiger partial charge in [0.05, 0.1) is 4.90 Å². The summed E-state index contributed by atoms with van der Waals surface area (Å²) in [4.78, 5) is 10.5. The van der Waals surface area contributed by atoms with Crippen molar-refractivity contribution in [2.45, 2.75) is 4.90 Å². The van der Waals surface area contributed by atoms with Crippen LogP contribution in [0.5, 0.6) is 0 Å². The van der Waals surface area contributed by atoms with Gasteiger partial charge in [0.1, 0.15) is 6.54 Å². The molecule has 0 spiro atoms. The van der Waals surface area contributed by atoms with E-state index in [1.165, 1.54) is 6.07 Å². The molecule has 0 saturated heterocycles. The van der Waals surface area contributed by atoms with Crippen molar-refractivity contribution < 1.29 is 18.3 Å². The molecule has 0 aromatic heterocycles. The molecular formula is C12H12N2O4S. The number of hydrogen-bond donors (Lipinski definition) is 3. The third kappa shape index (κ3) is 2.67. The number of benzene rings is 2. The molecular weight excluding hydrogens is 268 g/mol. The van der Waals surface area contributed by atoms with Gasteiger partial charge in [-0.2, -0.15) is 4.72 Å². The van der Waals surface area contributed by atoms with Crippen molar-refractivity contribution in [3.05, 3.63) is 36.4 Å². The molecule has 0 fully saturated rings. The van der Waals surface area contributed by atoms with Crippen LogP contribution in [0.4, 0.5) is 5.69 Å². The lowest BCUT2D eigenvalue weighted by atomic mass is 10.1. The van der Waals surface area contributed by atoms with E-state index in [1.807, 2.05) is 4.72 Å². The van der Waals surface area contributed by atoms with Crippen LogP contribution in [0.25, 0.3) is 10.8 Å². The Morgan fingerprint density at radius 2 is 1.79 bits per heavy atom. The number of nitrogens with one attached hydrogen (secondary N) is 1. The molecule has 0 atom stereocenters. The number of carboxylic acids is 1. The van der Waals surface area contributed by atoms with Gasteiger partial charge >= 0.3 is 5.97 Å².